The van der Waals surface area contributed by atoms with Gasteiger partial charge in [0, 0.05) is 18.3 Å². The van der Waals surface area contributed by atoms with Gasteiger partial charge < -0.3 is 9.64 Å². The average Bonchev–Trinajstić information content (AvgIpc) is 3.44. The number of likely N-dealkylation sites (tertiary alicyclic amines) is 1. The third-order valence-electron chi connectivity index (χ3n) is 6.25. The zero-order valence-electron chi connectivity index (χ0n) is 18.9. The zero-order valence-corrected chi connectivity index (χ0v) is 18.9. The Hall–Kier alpha value is -3.95. The monoisotopic (exact) mass is 481 g/mol. The van der Waals surface area contributed by atoms with Crippen LogP contribution in [0.25, 0.3) is 16.6 Å². The number of nitrogens with zero attached hydrogens (tertiary/aromatic N) is 5. The Kier molecular flexibility index (Phi) is 5.66. The summed E-state index contributed by atoms with van der Waals surface area (Å²) in [5, 5.41) is 4.61. The lowest BCUT2D eigenvalue weighted by Crippen LogP contribution is -2.49. The van der Waals surface area contributed by atoms with Crippen LogP contribution >= 0.6 is 0 Å². The van der Waals surface area contributed by atoms with E-state index >= 15 is 0 Å². The molecule has 0 saturated carbocycles. The third-order valence-corrected chi connectivity index (χ3v) is 6.25. The molecule has 4 heterocycles. The number of amides is 1. The number of alkyl halides is 3. The molecule has 7 nitrogen and oxygen atoms in total. The standard InChI is InChI=1S/C25H22F3N5O2/c1-24(16-35-20-15-29-19(14-30-20)25(26,27)28)11-7-12-32(24)23(34)22-21(17-8-3-2-4-9-17)18-10-5-6-13-33(18)31-22/h2-6,8-10,13-15H,7,11-12,16H2,1H3/t24-/m0/s1. The molecule has 3 aromatic heterocycles. The molecular formula is C25H22F3N5O2. The largest absolute Gasteiger partial charge is 0.474 e. The van der Waals surface area contributed by atoms with Crippen molar-refractivity contribution in [1.82, 2.24) is 24.5 Å². The summed E-state index contributed by atoms with van der Waals surface area (Å²) in [7, 11) is 0. The van der Waals surface area contributed by atoms with E-state index in [2.05, 4.69) is 15.1 Å². The number of benzene rings is 1. The fraction of sp³-hybridized carbons (Fsp3) is 0.280. The maximum absolute atomic E-state index is 13.8. The van der Waals surface area contributed by atoms with Gasteiger partial charge in [-0.3, -0.25) is 4.79 Å². The first-order valence-corrected chi connectivity index (χ1v) is 11.1. The first kappa shape index (κ1) is 22.8. The number of halogens is 3. The van der Waals surface area contributed by atoms with Crippen LogP contribution in [0.15, 0.2) is 67.1 Å². The number of aromatic nitrogens is 4. The van der Waals surface area contributed by atoms with Gasteiger partial charge in [-0.2, -0.15) is 18.3 Å². The molecule has 35 heavy (non-hydrogen) atoms. The van der Waals surface area contributed by atoms with Gasteiger partial charge in [0.25, 0.3) is 5.91 Å². The van der Waals surface area contributed by atoms with E-state index in [4.69, 9.17) is 4.74 Å². The van der Waals surface area contributed by atoms with Crippen LogP contribution in [0.5, 0.6) is 5.88 Å². The van der Waals surface area contributed by atoms with Gasteiger partial charge in [-0.05, 0) is 37.5 Å². The van der Waals surface area contributed by atoms with E-state index in [1.807, 2.05) is 55.5 Å². The molecule has 0 unspecified atom stereocenters. The van der Waals surface area contributed by atoms with E-state index in [1.54, 1.807) is 15.6 Å². The molecule has 0 radical (unpaired) electrons. The Balaban J connectivity index is 1.43. The van der Waals surface area contributed by atoms with Crippen LogP contribution < -0.4 is 4.74 Å². The predicted octanol–water partition coefficient (Wildman–Crippen LogP) is 4.88. The normalized spacial score (nSPS) is 18.2. The number of carbonyl (C=O) groups excluding carboxylic acids is 1. The Morgan fingerprint density at radius 3 is 2.57 bits per heavy atom. The maximum atomic E-state index is 13.8. The van der Waals surface area contributed by atoms with E-state index in [9.17, 15) is 18.0 Å². The lowest BCUT2D eigenvalue weighted by atomic mass is 9.98. The molecule has 1 aromatic carbocycles. The minimum Gasteiger partial charge on any atom is -0.474 e. The molecule has 4 aromatic rings. The first-order chi connectivity index (χ1) is 16.8. The zero-order chi connectivity index (χ0) is 24.6. The first-order valence-electron chi connectivity index (χ1n) is 11.1. The van der Waals surface area contributed by atoms with Gasteiger partial charge in [-0.25, -0.2) is 14.5 Å². The number of rotatable bonds is 5. The Morgan fingerprint density at radius 2 is 1.86 bits per heavy atom. The summed E-state index contributed by atoms with van der Waals surface area (Å²) >= 11 is 0. The fourth-order valence-electron chi connectivity index (χ4n) is 4.45. The van der Waals surface area contributed by atoms with Crippen molar-refractivity contribution in [3.8, 4) is 17.0 Å². The molecule has 1 fully saturated rings. The fourth-order valence-corrected chi connectivity index (χ4v) is 4.45. The topological polar surface area (TPSA) is 72.6 Å². The number of carbonyl (C=O) groups is 1. The van der Waals surface area contributed by atoms with Gasteiger partial charge in [0.1, 0.15) is 6.61 Å². The van der Waals surface area contributed by atoms with Crippen LogP contribution in [0.4, 0.5) is 13.2 Å². The molecule has 180 valence electrons. The second kappa shape index (κ2) is 8.68. The molecule has 0 aliphatic carbocycles. The van der Waals surface area contributed by atoms with Crippen molar-refractivity contribution in [2.75, 3.05) is 13.2 Å². The average molecular weight is 481 g/mol. The Bertz CT molecular complexity index is 1360. The molecule has 5 rings (SSSR count). The van der Waals surface area contributed by atoms with E-state index in [0.717, 1.165) is 29.3 Å². The molecule has 0 bridgehead atoms. The van der Waals surface area contributed by atoms with Crippen molar-refractivity contribution < 1.29 is 22.7 Å². The number of ether oxygens (including phenoxy) is 1. The minimum absolute atomic E-state index is 0.0313. The highest BCUT2D eigenvalue weighted by atomic mass is 19.4. The van der Waals surface area contributed by atoms with Crippen LogP contribution in [0.2, 0.25) is 0 Å². The van der Waals surface area contributed by atoms with Crippen molar-refractivity contribution in [3.05, 3.63) is 78.5 Å². The summed E-state index contributed by atoms with van der Waals surface area (Å²) in [5.74, 6) is -0.258. The smallest absolute Gasteiger partial charge is 0.434 e. The van der Waals surface area contributed by atoms with Crippen LogP contribution in [0.3, 0.4) is 0 Å². The lowest BCUT2D eigenvalue weighted by molar-refractivity contribution is -0.141. The highest BCUT2D eigenvalue weighted by Gasteiger charge is 2.42. The van der Waals surface area contributed by atoms with Crippen LogP contribution in [0, 0.1) is 0 Å². The van der Waals surface area contributed by atoms with Crippen molar-refractivity contribution in [3.63, 3.8) is 0 Å². The van der Waals surface area contributed by atoms with E-state index in [-0.39, 0.29) is 18.4 Å². The van der Waals surface area contributed by atoms with E-state index in [1.165, 1.54) is 0 Å². The second-order valence-electron chi connectivity index (χ2n) is 8.70. The molecule has 1 saturated heterocycles. The predicted molar refractivity (Wildman–Crippen MR) is 122 cm³/mol. The molecule has 1 atom stereocenters. The molecule has 1 aliphatic rings. The van der Waals surface area contributed by atoms with Gasteiger partial charge in [0.05, 0.1) is 23.4 Å². The number of fused-ring (bicyclic) bond motifs is 1. The quantitative estimate of drug-likeness (QED) is 0.406. The molecule has 0 spiro atoms. The summed E-state index contributed by atoms with van der Waals surface area (Å²) in [6.45, 7) is 2.47. The number of hydrogen-bond donors (Lipinski definition) is 0. The van der Waals surface area contributed by atoms with E-state index in [0.29, 0.717) is 24.9 Å². The number of pyridine rings is 1. The van der Waals surface area contributed by atoms with Gasteiger partial charge in [-0.1, -0.05) is 36.4 Å². The summed E-state index contributed by atoms with van der Waals surface area (Å²) in [6.07, 6.45) is 0.241. The van der Waals surface area contributed by atoms with Crippen LogP contribution in [-0.2, 0) is 6.18 Å². The maximum Gasteiger partial charge on any atom is 0.434 e. The summed E-state index contributed by atoms with van der Waals surface area (Å²) < 4.78 is 45.6. The molecule has 10 heteroatoms. The highest BCUT2D eigenvalue weighted by molar-refractivity contribution is 6.03. The molecule has 1 amide bonds. The van der Waals surface area contributed by atoms with Gasteiger partial charge in [0.2, 0.25) is 5.88 Å². The van der Waals surface area contributed by atoms with Gasteiger partial charge in [0.15, 0.2) is 11.4 Å². The van der Waals surface area contributed by atoms with Gasteiger partial charge >= 0.3 is 6.18 Å². The van der Waals surface area contributed by atoms with Crippen LogP contribution in [0.1, 0.15) is 35.9 Å². The minimum atomic E-state index is -4.57. The molecule has 1 aliphatic heterocycles. The number of hydrogen-bond acceptors (Lipinski definition) is 5. The van der Waals surface area contributed by atoms with Gasteiger partial charge in [-0.15, -0.1) is 0 Å². The summed E-state index contributed by atoms with van der Waals surface area (Å²) in [6, 6.07) is 15.3. The SMILES string of the molecule is C[C@@]1(COc2cnc(C(F)(F)F)cn2)CCCN1C(=O)c1nn2ccccc2c1-c1ccccc1. The highest BCUT2D eigenvalue weighted by Crippen LogP contribution is 2.35. The van der Waals surface area contributed by atoms with Crippen molar-refractivity contribution in [2.24, 2.45) is 0 Å². The third kappa shape index (κ3) is 4.31. The van der Waals surface area contributed by atoms with Crippen molar-refractivity contribution in [1.29, 1.82) is 0 Å². The summed E-state index contributed by atoms with van der Waals surface area (Å²) in [5.41, 5.74) is 1.01. The lowest BCUT2D eigenvalue weighted by Gasteiger charge is -2.34. The second-order valence-corrected chi connectivity index (χ2v) is 8.70. The Morgan fingerprint density at radius 1 is 1.09 bits per heavy atom. The molecular weight excluding hydrogens is 459 g/mol. The van der Waals surface area contributed by atoms with Crippen molar-refractivity contribution >= 4 is 11.4 Å². The van der Waals surface area contributed by atoms with Crippen LogP contribution in [-0.4, -0.2) is 49.1 Å². The van der Waals surface area contributed by atoms with E-state index < -0.39 is 17.4 Å². The Labute approximate surface area is 199 Å². The summed E-state index contributed by atoms with van der Waals surface area (Å²) in [4.78, 5) is 22.7. The van der Waals surface area contributed by atoms with Crippen molar-refractivity contribution in [2.45, 2.75) is 31.5 Å². The molecule has 0 N–H and O–H groups in total.